The van der Waals surface area contributed by atoms with E-state index in [1.807, 2.05) is 0 Å². The van der Waals surface area contributed by atoms with Gasteiger partial charge in [0.25, 0.3) is 5.91 Å². The summed E-state index contributed by atoms with van der Waals surface area (Å²) in [7, 11) is -5.94. The predicted octanol–water partition coefficient (Wildman–Crippen LogP) is 2.88. The molecule has 0 unspecified atom stereocenters. The van der Waals surface area contributed by atoms with Crippen LogP contribution in [0.3, 0.4) is 0 Å². The second-order valence-corrected chi connectivity index (χ2v) is 12.6. The number of pyridine rings is 2. The fourth-order valence-corrected chi connectivity index (χ4v) is 4.94. The average Bonchev–Trinajstić information content (AvgIpc) is 2.79. The summed E-state index contributed by atoms with van der Waals surface area (Å²) in [6, 6.07) is 11.9. The van der Waals surface area contributed by atoms with Gasteiger partial charge in [-0.05, 0) is 76.3 Å². The fourth-order valence-electron chi connectivity index (χ4n) is 2.85. The normalized spacial score (nSPS) is 12.4. The SMILES string of the molecule is CNS(=O)(=O)c1cccnc1-c1ccc(C(=O)Nc2ccc(S(=O)(=O)C(C)(C)C)cc2)cn1. The van der Waals surface area contributed by atoms with Gasteiger partial charge in [-0.2, -0.15) is 0 Å². The van der Waals surface area contributed by atoms with E-state index in [1.165, 1.54) is 68.0 Å². The molecule has 0 saturated carbocycles. The Morgan fingerprint density at radius 2 is 1.58 bits per heavy atom. The van der Waals surface area contributed by atoms with Crippen molar-refractivity contribution in [2.24, 2.45) is 0 Å². The van der Waals surface area contributed by atoms with Crippen molar-refractivity contribution >= 4 is 31.5 Å². The first kappa shape index (κ1) is 24.5. The van der Waals surface area contributed by atoms with Crippen molar-refractivity contribution in [3.8, 4) is 11.4 Å². The van der Waals surface area contributed by atoms with Gasteiger partial charge < -0.3 is 5.32 Å². The second kappa shape index (κ2) is 9.00. The molecular formula is C22H24N4O5S2. The van der Waals surface area contributed by atoms with Crippen LogP contribution in [-0.4, -0.2) is 44.5 Å². The molecule has 0 aliphatic carbocycles. The summed E-state index contributed by atoms with van der Waals surface area (Å²) < 4.78 is 50.8. The van der Waals surface area contributed by atoms with E-state index in [1.54, 1.807) is 20.8 Å². The molecule has 0 aliphatic heterocycles. The molecular weight excluding hydrogens is 464 g/mol. The predicted molar refractivity (Wildman–Crippen MR) is 125 cm³/mol. The standard InChI is InChI=1S/C22H24N4O5S2/c1-22(2,3)32(28,29)17-10-8-16(9-11-17)26-21(27)15-7-12-18(25-14-15)20-19(6-5-13-24-20)33(30,31)23-4/h5-14,23H,1-4H3,(H,26,27). The summed E-state index contributed by atoms with van der Waals surface area (Å²) in [5.41, 5.74) is 1.11. The monoisotopic (exact) mass is 488 g/mol. The van der Waals surface area contributed by atoms with E-state index in [0.29, 0.717) is 5.69 Å². The number of sulfone groups is 1. The van der Waals surface area contributed by atoms with Crippen molar-refractivity contribution in [2.75, 3.05) is 12.4 Å². The van der Waals surface area contributed by atoms with Gasteiger partial charge in [0, 0.05) is 18.1 Å². The number of rotatable bonds is 6. The highest BCUT2D eigenvalue weighted by atomic mass is 32.2. The molecule has 0 spiro atoms. The van der Waals surface area contributed by atoms with Gasteiger partial charge in [-0.25, -0.2) is 21.6 Å². The number of nitrogens with zero attached hydrogens (tertiary/aromatic N) is 2. The van der Waals surface area contributed by atoms with Gasteiger partial charge in [0.1, 0.15) is 10.6 Å². The molecule has 0 aliphatic rings. The number of nitrogens with one attached hydrogen (secondary N) is 2. The molecule has 2 heterocycles. The fraction of sp³-hybridized carbons (Fsp3) is 0.227. The van der Waals surface area contributed by atoms with Crippen molar-refractivity contribution in [1.82, 2.24) is 14.7 Å². The molecule has 0 radical (unpaired) electrons. The lowest BCUT2D eigenvalue weighted by atomic mass is 10.2. The van der Waals surface area contributed by atoms with Gasteiger partial charge in [-0.1, -0.05) is 0 Å². The summed E-state index contributed by atoms with van der Waals surface area (Å²) in [6.45, 7) is 4.87. The molecule has 11 heteroatoms. The van der Waals surface area contributed by atoms with Crippen LogP contribution >= 0.6 is 0 Å². The number of anilines is 1. The number of benzene rings is 1. The zero-order valence-corrected chi connectivity index (χ0v) is 20.2. The smallest absolute Gasteiger partial charge is 0.257 e. The van der Waals surface area contributed by atoms with E-state index < -0.39 is 30.5 Å². The topological polar surface area (TPSA) is 135 Å². The van der Waals surface area contributed by atoms with Crippen LogP contribution in [0.1, 0.15) is 31.1 Å². The lowest BCUT2D eigenvalue weighted by Gasteiger charge is -2.19. The minimum atomic E-state index is -3.74. The quantitative estimate of drug-likeness (QED) is 0.545. The van der Waals surface area contributed by atoms with Crippen molar-refractivity contribution in [3.63, 3.8) is 0 Å². The molecule has 1 aromatic carbocycles. The van der Waals surface area contributed by atoms with E-state index in [-0.39, 0.29) is 26.7 Å². The zero-order valence-electron chi connectivity index (χ0n) is 18.5. The Labute approximate surface area is 193 Å². The number of hydrogen-bond acceptors (Lipinski definition) is 7. The van der Waals surface area contributed by atoms with Crippen molar-refractivity contribution in [1.29, 1.82) is 0 Å². The minimum absolute atomic E-state index is 0.0255. The van der Waals surface area contributed by atoms with Crippen molar-refractivity contribution < 1.29 is 21.6 Å². The highest BCUT2D eigenvalue weighted by Gasteiger charge is 2.30. The van der Waals surface area contributed by atoms with Crippen LogP contribution in [0.25, 0.3) is 11.4 Å². The van der Waals surface area contributed by atoms with Crippen LogP contribution in [0.15, 0.2) is 70.7 Å². The van der Waals surface area contributed by atoms with Crippen LogP contribution in [0.4, 0.5) is 5.69 Å². The Kier molecular flexibility index (Phi) is 6.68. The van der Waals surface area contributed by atoms with E-state index in [0.717, 1.165) is 0 Å². The molecule has 0 atom stereocenters. The summed E-state index contributed by atoms with van der Waals surface area (Å²) in [6.07, 6.45) is 2.77. The van der Waals surface area contributed by atoms with Crippen LogP contribution < -0.4 is 10.0 Å². The number of carbonyl (C=O) groups excluding carboxylic acids is 1. The van der Waals surface area contributed by atoms with Crippen molar-refractivity contribution in [2.45, 2.75) is 35.3 Å². The summed E-state index contributed by atoms with van der Waals surface area (Å²) in [4.78, 5) is 21.0. The molecule has 3 rings (SSSR count). The first-order valence-electron chi connectivity index (χ1n) is 9.88. The highest BCUT2D eigenvalue weighted by molar-refractivity contribution is 7.92. The number of sulfonamides is 1. The van der Waals surface area contributed by atoms with Crippen LogP contribution in [0, 0.1) is 0 Å². The third-order valence-electron chi connectivity index (χ3n) is 4.83. The minimum Gasteiger partial charge on any atom is -0.322 e. The third-order valence-corrected chi connectivity index (χ3v) is 8.78. The number of amides is 1. The van der Waals surface area contributed by atoms with Gasteiger partial charge in [-0.15, -0.1) is 0 Å². The average molecular weight is 489 g/mol. The maximum atomic E-state index is 12.6. The number of carbonyl (C=O) groups is 1. The highest BCUT2D eigenvalue weighted by Crippen LogP contribution is 2.26. The Bertz CT molecular complexity index is 1380. The Morgan fingerprint density at radius 3 is 2.12 bits per heavy atom. The molecule has 3 aromatic rings. The lowest BCUT2D eigenvalue weighted by molar-refractivity contribution is 0.102. The summed E-state index contributed by atoms with van der Waals surface area (Å²) >= 11 is 0. The van der Waals surface area contributed by atoms with E-state index in [4.69, 9.17) is 0 Å². The van der Waals surface area contributed by atoms with E-state index >= 15 is 0 Å². The molecule has 2 N–H and O–H groups in total. The largest absolute Gasteiger partial charge is 0.322 e. The van der Waals surface area contributed by atoms with Gasteiger partial charge in [0.2, 0.25) is 10.0 Å². The van der Waals surface area contributed by atoms with Crippen molar-refractivity contribution in [3.05, 3.63) is 66.5 Å². The molecule has 9 nitrogen and oxygen atoms in total. The van der Waals surface area contributed by atoms with E-state index in [2.05, 4.69) is 20.0 Å². The van der Waals surface area contributed by atoms with Gasteiger partial charge >= 0.3 is 0 Å². The van der Waals surface area contributed by atoms with Gasteiger partial charge in [0.05, 0.1) is 20.9 Å². The molecule has 174 valence electrons. The molecule has 33 heavy (non-hydrogen) atoms. The zero-order chi connectivity index (χ0) is 24.4. The maximum Gasteiger partial charge on any atom is 0.257 e. The molecule has 0 bridgehead atoms. The molecule has 0 fully saturated rings. The maximum absolute atomic E-state index is 12.6. The van der Waals surface area contributed by atoms with Gasteiger partial charge in [0.15, 0.2) is 9.84 Å². The molecule has 1 amide bonds. The van der Waals surface area contributed by atoms with E-state index in [9.17, 15) is 21.6 Å². The Balaban J connectivity index is 1.80. The Morgan fingerprint density at radius 1 is 0.909 bits per heavy atom. The summed E-state index contributed by atoms with van der Waals surface area (Å²) in [5.74, 6) is -0.454. The van der Waals surface area contributed by atoms with Crippen LogP contribution in [-0.2, 0) is 19.9 Å². The molecule has 0 saturated heterocycles. The first-order valence-corrected chi connectivity index (χ1v) is 12.8. The Hall–Kier alpha value is -3.15. The summed E-state index contributed by atoms with van der Waals surface area (Å²) in [5, 5.41) is 2.68. The van der Waals surface area contributed by atoms with Crippen LogP contribution in [0.2, 0.25) is 0 Å². The number of aromatic nitrogens is 2. The second-order valence-electron chi connectivity index (χ2n) is 8.08. The van der Waals surface area contributed by atoms with Gasteiger partial charge in [-0.3, -0.25) is 14.8 Å². The first-order chi connectivity index (χ1) is 15.4. The lowest BCUT2D eigenvalue weighted by Crippen LogP contribution is -2.27. The van der Waals surface area contributed by atoms with Crippen LogP contribution in [0.5, 0.6) is 0 Å². The third kappa shape index (κ3) is 5.10. The molecule has 2 aromatic heterocycles. The number of hydrogen-bond donors (Lipinski definition) is 2.